The zero-order chi connectivity index (χ0) is 12.3. The van der Waals surface area contributed by atoms with Gasteiger partial charge in [0.25, 0.3) is 0 Å². The number of nitrogens with zero attached hydrogens (tertiary/aromatic N) is 2. The monoisotopic (exact) mass is 226 g/mol. The number of ketones is 1. The van der Waals surface area contributed by atoms with E-state index in [1.165, 1.54) is 5.56 Å². The molecule has 0 aliphatic rings. The minimum absolute atomic E-state index is 0.0759. The molecule has 0 saturated heterocycles. The van der Waals surface area contributed by atoms with Crippen LogP contribution < -0.4 is 0 Å². The fraction of sp³-hybridized carbons (Fsp3) is 0.214. The Balaban J connectivity index is 2.40. The van der Waals surface area contributed by atoms with Crippen LogP contribution in [0.3, 0.4) is 0 Å². The summed E-state index contributed by atoms with van der Waals surface area (Å²) in [4.78, 5) is 19.6. The normalized spacial score (nSPS) is 10.2. The molecule has 2 aromatic rings. The van der Waals surface area contributed by atoms with E-state index in [1.54, 1.807) is 13.1 Å². The Labute approximate surface area is 101 Å². The van der Waals surface area contributed by atoms with Crippen LogP contribution in [-0.4, -0.2) is 15.8 Å². The van der Waals surface area contributed by atoms with Gasteiger partial charge < -0.3 is 0 Å². The van der Waals surface area contributed by atoms with Crippen molar-refractivity contribution in [3.05, 3.63) is 47.9 Å². The molecule has 0 aliphatic heterocycles. The Hall–Kier alpha value is -2.03. The molecule has 86 valence electrons. The van der Waals surface area contributed by atoms with Crippen LogP contribution in [0.15, 0.2) is 36.5 Å². The van der Waals surface area contributed by atoms with Crippen molar-refractivity contribution in [2.45, 2.75) is 20.3 Å². The molecule has 0 N–H and O–H groups in total. The van der Waals surface area contributed by atoms with Crippen molar-refractivity contribution in [1.82, 2.24) is 9.97 Å². The number of benzene rings is 1. The molecule has 0 amide bonds. The van der Waals surface area contributed by atoms with Crippen molar-refractivity contribution in [1.29, 1.82) is 0 Å². The highest BCUT2D eigenvalue weighted by molar-refractivity contribution is 5.77. The van der Waals surface area contributed by atoms with Crippen molar-refractivity contribution < 1.29 is 4.79 Å². The van der Waals surface area contributed by atoms with Gasteiger partial charge in [0.2, 0.25) is 0 Å². The van der Waals surface area contributed by atoms with Gasteiger partial charge in [-0.2, -0.15) is 0 Å². The maximum absolute atomic E-state index is 11.0. The van der Waals surface area contributed by atoms with Gasteiger partial charge in [-0.3, -0.25) is 4.79 Å². The highest BCUT2D eigenvalue weighted by Gasteiger charge is 2.05. The lowest BCUT2D eigenvalue weighted by atomic mass is 10.1. The molecule has 17 heavy (non-hydrogen) atoms. The van der Waals surface area contributed by atoms with Crippen molar-refractivity contribution in [3.63, 3.8) is 0 Å². The number of hydrogen-bond acceptors (Lipinski definition) is 3. The summed E-state index contributed by atoms with van der Waals surface area (Å²) in [6.07, 6.45) is 1.99. The third-order valence-electron chi connectivity index (χ3n) is 2.53. The molecule has 3 nitrogen and oxygen atoms in total. The van der Waals surface area contributed by atoms with E-state index in [0.29, 0.717) is 12.2 Å². The Morgan fingerprint density at radius 3 is 2.71 bits per heavy atom. The van der Waals surface area contributed by atoms with E-state index < -0.39 is 0 Å². The van der Waals surface area contributed by atoms with Crippen molar-refractivity contribution in [2.24, 2.45) is 0 Å². The molecule has 3 heteroatoms. The number of carbonyl (C=O) groups excluding carboxylic acids is 1. The molecule has 0 aliphatic carbocycles. The number of carbonyl (C=O) groups is 1. The number of rotatable bonds is 3. The van der Waals surface area contributed by atoms with Gasteiger partial charge in [0.1, 0.15) is 11.6 Å². The number of Topliss-reactive ketones (excluding diaryl/α,β-unsaturated/α-hetero) is 1. The van der Waals surface area contributed by atoms with Crippen molar-refractivity contribution in [2.75, 3.05) is 0 Å². The maximum Gasteiger partial charge on any atom is 0.137 e. The molecule has 1 aromatic heterocycles. The van der Waals surface area contributed by atoms with Gasteiger partial charge in [-0.15, -0.1) is 0 Å². The molecule has 0 radical (unpaired) electrons. The summed E-state index contributed by atoms with van der Waals surface area (Å²) in [6.45, 7) is 3.59. The molecule has 1 heterocycles. The summed E-state index contributed by atoms with van der Waals surface area (Å²) in [6, 6.07) is 9.91. The zero-order valence-electron chi connectivity index (χ0n) is 9.97. The van der Waals surface area contributed by atoms with E-state index in [-0.39, 0.29) is 5.78 Å². The first kappa shape index (κ1) is 11.5. The minimum Gasteiger partial charge on any atom is -0.300 e. The third-order valence-corrected chi connectivity index (χ3v) is 2.53. The van der Waals surface area contributed by atoms with Gasteiger partial charge in [-0.05, 0) is 25.5 Å². The highest BCUT2D eigenvalue weighted by Crippen LogP contribution is 2.20. The molecule has 1 aromatic carbocycles. The first-order valence-corrected chi connectivity index (χ1v) is 5.54. The van der Waals surface area contributed by atoms with Crippen LogP contribution in [0.1, 0.15) is 18.3 Å². The summed E-state index contributed by atoms with van der Waals surface area (Å²) < 4.78 is 0. The SMILES string of the molecule is CC(=O)Cc1nccc(-c2ccccc2C)n1. The highest BCUT2D eigenvalue weighted by atomic mass is 16.1. The lowest BCUT2D eigenvalue weighted by Crippen LogP contribution is -2.03. The lowest BCUT2D eigenvalue weighted by Gasteiger charge is -2.05. The van der Waals surface area contributed by atoms with Crippen molar-refractivity contribution in [3.8, 4) is 11.3 Å². The third kappa shape index (κ3) is 2.75. The molecule has 0 spiro atoms. The van der Waals surface area contributed by atoms with E-state index in [4.69, 9.17) is 0 Å². The fourth-order valence-electron chi connectivity index (χ4n) is 1.72. The number of aryl methyl sites for hydroxylation is 1. The van der Waals surface area contributed by atoms with Gasteiger partial charge in [0, 0.05) is 11.8 Å². The van der Waals surface area contributed by atoms with Crippen LogP contribution in [0.2, 0.25) is 0 Å². The average molecular weight is 226 g/mol. The Kier molecular flexibility index (Phi) is 3.28. The fourth-order valence-corrected chi connectivity index (χ4v) is 1.72. The summed E-state index contributed by atoms with van der Waals surface area (Å²) in [5.74, 6) is 0.658. The van der Waals surface area contributed by atoms with Gasteiger partial charge in [-0.1, -0.05) is 24.3 Å². The molecule has 0 fully saturated rings. The van der Waals surface area contributed by atoms with Gasteiger partial charge in [-0.25, -0.2) is 9.97 Å². The first-order valence-electron chi connectivity index (χ1n) is 5.54. The Morgan fingerprint density at radius 1 is 1.24 bits per heavy atom. The van der Waals surface area contributed by atoms with E-state index in [9.17, 15) is 4.79 Å². The number of hydrogen-bond donors (Lipinski definition) is 0. The molecular formula is C14H14N2O. The quantitative estimate of drug-likeness (QED) is 0.807. The molecule has 0 bridgehead atoms. The Bertz CT molecular complexity index is 549. The molecule has 0 saturated carbocycles. The second-order valence-corrected chi connectivity index (χ2v) is 4.05. The van der Waals surface area contributed by atoms with Crippen LogP contribution in [0.25, 0.3) is 11.3 Å². The predicted molar refractivity (Wildman–Crippen MR) is 66.6 cm³/mol. The minimum atomic E-state index is 0.0759. The summed E-state index contributed by atoms with van der Waals surface area (Å²) >= 11 is 0. The zero-order valence-corrected chi connectivity index (χ0v) is 9.97. The van der Waals surface area contributed by atoms with E-state index in [0.717, 1.165) is 11.3 Å². The predicted octanol–water partition coefficient (Wildman–Crippen LogP) is 2.58. The topological polar surface area (TPSA) is 42.9 Å². The molecular weight excluding hydrogens is 212 g/mol. The van der Waals surface area contributed by atoms with Gasteiger partial charge >= 0.3 is 0 Å². The second kappa shape index (κ2) is 4.87. The summed E-state index contributed by atoms with van der Waals surface area (Å²) in [5.41, 5.74) is 3.12. The van der Waals surface area contributed by atoms with Crippen LogP contribution in [0, 0.1) is 6.92 Å². The number of aromatic nitrogens is 2. The second-order valence-electron chi connectivity index (χ2n) is 4.05. The standard InChI is InChI=1S/C14H14N2O/c1-10-5-3-4-6-12(10)13-7-8-15-14(16-13)9-11(2)17/h3-8H,9H2,1-2H3. The maximum atomic E-state index is 11.0. The van der Waals surface area contributed by atoms with E-state index in [2.05, 4.69) is 9.97 Å². The lowest BCUT2D eigenvalue weighted by molar-refractivity contribution is -0.116. The van der Waals surface area contributed by atoms with Gasteiger partial charge in [0.05, 0.1) is 12.1 Å². The Morgan fingerprint density at radius 2 is 2.00 bits per heavy atom. The smallest absolute Gasteiger partial charge is 0.137 e. The van der Waals surface area contributed by atoms with Crippen molar-refractivity contribution >= 4 is 5.78 Å². The van der Waals surface area contributed by atoms with Crippen LogP contribution in [0.4, 0.5) is 0 Å². The first-order chi connectivity index (χ1) is 8.16. The van der Waals surface area contributed by atoms with Gasteiger partial charge in [0.15, 0.2) is 0 Å². The molecule has 0 atom stereocenters. The molecule has 2 rings (SSSR count). The summed E-state index contributed by atoms with van der Waals surface area (Å²) in [5, 5.41) is 0. The van der Waals surface area contributed by atoms with Crippen LogP contribution >= 0.6 is 0 Å². The van der Waals surface area contributed by atoms with E-state index >= 15 is 0 Å². The molecule has 0 unspecified atom stereocenters. The summed E-state index contributed by atoms with van der Waals surface area (Å²) in [7, 11) is 0. The van der Waals surface area contributed by atoms with Crippen LogP contribution in [0.5, 0.6) is 0 Å². The largest absolute Gasteiger partial charge is 0.300 e. The van der Waals surface area contributed by atoms with E-state index in [1.807, 2.05) is 37.3 Å². The average Bonchev–Trinajstić information content (AvgIpc) is 2.29. The van der Waals surface area contributed by atoms with Crippen LogP contribution in [-0.2, 0) is 11.2 Å².